The van der Waals surface area contributed by atoms with Crippen LogP contribution in [0, 0.1) is 0 Å². The molecule has 1 aliphatic heterocycles. The minimum Gasteiger partial charge on any atom is -0.460 e. The van der Waals surface area contributed by atoms with Crippen molar-refractivity contribution in [2.45, 2.75) is 30.4 Å². The highest BCUT2D eigenvalue weighted by atomic mass is 32.2. The van der Waals surface area contributed by atoms with Crippen LogP contribution < -0.4 is 0 Å². The molecule has 156 valence electrons. The molecule has 4 aliphatic rings. The number of aliphatic imine (C=N–C) groups is 1. The van der Waals surface area contributed by atoms with Crippen molar-refractivity contribution >= 4 is 38.7 Å². The van der Waals surface area contributed by atoms with Gasteiger partial charge in [-0.1, -0.05) is 6.92 Å². The Labute approximate surface area is 176 Å². The monoisotopic (exact) mass is 437 g/mol. The van der Waals surface area contributed by atoms with Gasteiger partial charge in [0.2, 0.25) is 11.6 Å². The van der Waals surface area contributed by atoms with E-state index in [9.17, 15) is 27.6 Å². The second-order valence-corrected chi connectivity index (χ2v) is 10.8. The molecule has 0 amide bonds. The highest BCUT2D eigenvalue weighted by Crippen LogP contribution is 2.50. The summed E-state index contributed by atoms with van der Waals surface area (Å²) in [7, 11) is -3.85. The Morgan fingerprint density at radius 2 is 1.81 bits per heavy atom. The summed E-state index contributed by atoms with van der Waals surface area (Å²) in [5.41, 5.74) is 0.509. The number of hydrogen-bond donors (Lipinski definition) is 0. The molecule has 2 heterocycles. The maximum atomic E-state index is 13.2. The van der Waals surface area contributed by atoms with Crippen molar-refractivity contribution in [3.8, 4) is 0 Å². The zero-order valence-electron chi connectivity index (χ0n) is 16.4. The van der Waals surface area contributed by atoms with Gasteiger partial charge in [0.1, 0.15) is 12.0 Å². The van der Waals surface area contributed by atoms with E-state index < -0.39 is 37.9 Å². The average molecular weight is 437 g/mol. The van der Waals surface area contributed by atoms with Gasteiger partial charge >= 0.3 is 0 Å². The molecule has 1 aromatic heterocycles. The molecule has 0 fully saturated rings. The fourth-order valence-electron chi connectivity index (χ4n) is 5.35. The van der Waals surface area contributed by atoms with Gasteiger partial charge in [-0.2, -0.15) is 0 Å². The Kier molecular flexibility index (Phi) is 3.31. The number of furan rings is 1. The van der Waals surface area contributed by atoms with Crippen molar-refractivity contribution in [3.05, 3.63) is 57.5 Å². The summed E-state index contributed by atoms with van der Waals surface area (Å²) in [6, 6.07) is 2.83. The largest absolute Gasteiger partial charge is 0.460 e. The quantitative estimate of drug-likeness (QED) is 0.614. The lowest BCUT2D eigenvalue weighted by molar-refractivity contribution is 0.0952. The van der Waals surface area contributed by atoms with E-state index in [4.69, 9.17) is 4.42 Å². The molecule has 31 heavy (non-hydrogen) atoms. The molecule has 9 heteroatoms. The topological polar surface area (TPSA) is 128 Å². The highest BCUT2D eigenvalue weighted by Gasteiger charge is 2.52. The third-order valence-corrected chi connectivity index (χ3v) is 8.85. The number of carbonyl (C=O) groups is 4. The standard InChI is InChI=1S/C22H15NO7S/c1-22-3-2-14(24)12-8-30-20(15(12)22)18(26)11-6-9-10(7-13(11)22)19(27)21-16(17(9)25)23-4-5-31(21,28)29/h6-8,21H,2-5H2,1H3/t21?,22-/m0/s1. The van der Waals surface area contributed by atoms with Crippen molar-refractivity contribution in [2.75, 3.05) is 12.3 Å². The Bertz CT molecular complexity index is 1440. The highest BCUT2D eigenvalue weighted by molar-refractivity contribution is 7.93. The predicted molar refractivity (Wildman–Crippen MR) is 107 cm³/mol. The summed E-state index contributed by atoms with van der Waals surface area (Å²) in [4.78, 5) is 55.9. The maximum Gasteiger partial charge on any atom is 0.228 e. The number of benzene rings is 1. The second-order valence-electron chi connectivity index (χ2n) is 8.59. The number of sulfone groups is 1. The SMILES string of the molecule is C[C@@]12CCC(=O)c3coc(c31)C(=O)c1cc3c(cc12)C(=O)C1C(=NCCS1(=O)=O)C3=O. The first-order chi connectivity index (χ1) is 14.6. The van der Waals surface area contributed by atoms with Gasteiger partial charge in [0, 0.05) is 34.1 Å². The van der Waals surface area contributed by atoms with Gasteiger partial charge in [0.05, 0.1) is 17.9 Å². The summed E-state index contributed by atoms with van der Waals surface area (Å²) < 4.78 is 30.6. The molecule has 0 saturated carbocycles. The van der Waals surface area contributed by atoms with E-state index in [1.807, 2.05) is 6.92 Å². The number of hydrogen-bond acceptors (Lipinski definition) is 8. The van der Waals surface area contributed by atoms with E-state index in [0.29, 0.717) is 23.1 Å². The third-order valence-electron chi connectivity index (χ3n) is 6.94. The lowest BCUT2D eigenvalue weighted by Gasteiger charge is -2.39. The normalized spacial score (nSPS) is 27.8. The van der Waals surface area contributed by atoms with Crippen LogP contribution in [0.25, 0.3) is 0 Å². The lowest BCUT2D eigenvalue weighted by atomic mass is 9.62. The summed E-state index contributed by atoms with van der Waals surface area (Å²) in [6.07, 6.45) is 1.94. The molecule has 6 rings (SSSR count). The molecule has 1 aromatic carbocycles. The molecule has 1 unspecified atom stereocenters. The average Bonchev–Trinajstić information content (AvgIpc) is 3.19. The van der Waals surface area contributed by atoms with E-state index in [0.717, 1.165) is 0 Å². The van der Waals surface area contributed by atoms with Crippen molar-refractivity contribution in [2.24, 2.45) is 4.99 Å². The lowest BCUT2D eigenvalue weighted by Crippen LogP contribution is -2.50. The van der Waals surface area contributed by atoms with Gasteiger partial charge in [-0.3, -0.25) is 24.2 Å². The van der Waals surface area contributed by atoms with E-state index in [2.05, 4.69) is 4.99 Å². The van der Waals surface area contributed by atoms with Gasteiger partial charge in [0.15, 0.2) is 32.4 Å². The number of ketones is 4. The maximum absolute atomic E-state index is 13.2. The van der Waals surface area contributed by atoms with Crippen LogP contribution in [0.1, 0.15) is 78.1 Å². The van der Waals surface area contributed by atoms with Crippen molar-refractivity contribution in [3.63, 3.8) is 0 Å². The van der Waals surface area contributed by atoms with Gasteiger partial charge in [-0.15, -0.1) is 0 Å². The molecule has 0 saturated heterocycles. The molecule has 2 atom stereocenters. The van der Waals surface area contributed by atoms with Crippen LogP contribution in [0.5, 0.6) is 0 Å². The second kappa shape index (κ2) is 5.53. The first kappa shape index (κ1) is 18.6. The molecule has 2 aromatic rings. The van der Waals surface area contributed by atoms with Crippen LogP contribution >= 0.6 is 0 Å². The molecule has 0 radical (unpaired) electrons. The molecular weight excluding hydrogens is 422 g/mol. The Morgan fingerprint density at radius 3 is 2.58 bits per heavy atom. The van der Waals surface area contributed by atoms with Gasteiger partial charge in [0.25, 0.3) is 0 Å². The smallest absolute Gasteiger partial charge is 0.228 e. The molecular formula is C22H15NO7S. The minimum absolute atomic E-state index is 0.0161. The van der Waals surface area contributed by atoms with Crippen LogP contribution in [-0.2, 0) is 15.3 Å². The van der Waals surface area contributed by atoms with Gasteiger partial charge < -0.3 is 4.42 Å². The Hall–Kier alpha value is -3.20. The third kappa shape index (κ3) is 2.09. The Balaban J connectivity index is 1.65. The molecule has 0 bridgehead atoms. The zero-order chi connectivity index (χ0) is 21.9. The zero-order valence-corrected chi connectivity index (χ0v) is 17.2. The van der Waals surface area contributed by atoms with Crippen LogP contribution in [-0.4, -0.2) is 54.8 Å². The van der Waals surface area contributed by atoms with Crippen molar-refractivity contribution in [1.29, 1.82) is 0 Å². The summed E-state index contributed by atoms with van der Waals surface area (Å²) in [5, 5.41) is -1.60. The summed E-state index contributed by atoms with van der Waals surface area (Å²) >= 11 is 0. The molecule has 0 N–H and O–H groups in total. The first-order valence-electron chi connectivity index (χ1n) is 9.88. The van der Waals surface area contributed by atoms with E-state index >= 15 is 0 Å². The molecule has 3 aliphatic carbocycles. The van der Waals surface area contributed by atoms with Crippen LogP contribution in [0.3, 0.4) is 0 Å². The molecule has 8 nitrogen and oxygen atoms in total. The summed E-state index contributed by atoms with van der Waals surface area (Å²) in [6.45, 7) is 1.80. The summed E-state index contributed by atoms with van der Waals surface area (Å²) in [5.74, 6) is -2.14. The van der Waals surface area contributed by atoms with Crippen molar-refractivity contribution < 1.29 is 32.0 Å². The number of rotatable bonds is 0. The number of carbonyl (C=O) groups excluding carboxylic acids is 4. The fourth-order valence-corrected chi connectivity index (χ4v) is 6.91. The van der Waals surface area contributed by atoms with Crippen LogP contribution in [0.15, 0.2) is 27.8 Å². The Morgan fingerprint density at radius 1 is 1.03 bits per heavy atom. The van der Waals surface area contributed by atoms with Crippen LogP contribution in [0.4, 0.5) is 0 Å². The van der Waals surface area contributed by atoms with Crippen molar-refractivity contribution in [1.82, 2.24) is 0 Å². The number of fused-ring (bicyclic) bond motifs is 4. The molecule has 0 spiro atoms. The van der Waals surface area contributed by atoms with Gasteiger partial charge in [-0.25, -0.2) is 8.42 Å². The minimum atomic E-state index is -3.85. The van der Waals surface area contributed by atoms with Crippen LogP contribution in [0.2, 0.25) is 0 Å². The first-order valence-corrected chi connectivity index (χ1v) is 11.6. The van der Waals surface area contributed by atoms with E-state index in [-0.39, 0.29) is 52.7 Å². The van der Waals surface area contributed by atoms with E-state index in [1.165, 1.54) is 18.4 Å². The number of Topliss-reactive ketones (excluding diaryl/α,β-unsaturated/α-hetero) is 3. The fraction of sp³-hybridized carbons (Fsp3) is 0.318. The number of nitrogens with zero attached hydrogens (tertiary/aromatic N) is 1. The van der Waals surface area contributed by atoms with E-state index in [1.54, 1.807) is 0 Å². The predicted octanol–water partition coefficient (Wildman–Crippen LogP) is 1.72. The van der Waals surface area contributed by atoms with Gasteiger partial charge in [-0.05, 0) is 24.1 Å².